The third kappa shape index (κ3) is 3.82. The monoisotopic (exact) mass is 293 g/mol. The lowest BCUT2D eigenvalue weighted by molar-refractivity contribution is 0.379. The van der Waals surface area contributed by atoms with E-state index in [0.29, 0.717) is 12.0 Å². The van der Waals surface area contributed by atoms with Crippen LogP contribution in [0.2, 0.25) is 5.02 Å². The average Bonchev–Trinajstić information content (AvgIpc) is 2.88. The lowest BCUT2D eigenvalue weighted by Crippen LogP contribution is -2.27. The first-order valence-corrected chi connectivity index (χ1v) is 7.88. The lowest BCUT2D eigenvalue weighted by Gasteiger charge is -2.26. The maximum absolute atomic E-state index is 6.06. The zero-order valence-electron chi connectivity index (χ0n) is 11.6. The molecule has 0 aliphatic rings. The van der Waals surface area contributed by atoms with Gasteiger partial charge < -0.3 is 5.32 Å². The standard InChI is InChI=1S/C16H20ClNS/c1-11(2)16(15-8-5-9-19-15)18-12(3)13-6-4-7-14(17)10-13/h4-12,16,18H,1-3H3/t12-,16?/m1/s1. The summed E-state index contributed by atoms with van der Waals surface area (Å²) in [6.45, 7) is 6.69. The second-order valence-corrected chi connectivity index (χ2v) is 6.60. The Morgan fingerprint density at radius 2 is 1.89 bits per heavy atom. The number of benzene rings is 1. The number of rotatable bonds is 5. The molecule has 0 amide bonds. The summed E-state index contributed by atoms with van der Waals surface area (Å²) in [7, 11) is 0. The van der Waals surface area contributed by atoms with Crippen LogP contribution < -0.4 is 5.32 Å². The van der Waals surface area contributed by atoms with Crippen molar-refractivity contribution in [3.8, 4) is 0 Å². The summed E-state index contributed by atoms with van der Waals surface area (Å²) < 4.78 is 0. The lowest BCUT2D eigenvalue weighted by atomic mass is 10.00. The van der Waals surface area contributed by atoms with Crippen LogP contribution in [0.1, 0.15) is 43.3 Å². The van der Waals surface area contributed by atoms with Crippen molar-refractivity contribution >= 4 is 22.9 Å². The van der Waals surface area contributed by atoms with Gasteiger partial charge in [0.1, 0.15) is 0 Å². The molecule has 1 nitrogen and oxygen atoms in total. The fourth-order valence-electron chi connectivity index (χ4n) is 2.21. The van der Waals surface area contributed by atoms with Gasteiger partial charge in [0.05, 0.1) is 0 Å². The van der Waals surface area contributed by atoms with E-state index < -0.39 is 0 Å². The first-order valence-electron chi connectivity index (χ1n) is 6.63. The van der Waals surface area contributed by atoms with Crippen molar-refractivity contribution in [1.29, 1.82) is 0 Å². The molecule has 0 fully saturated rings. The van der Waals surface area contributed by atoms with E-state index in [-0.39, 0.29) is 6.04 Å². The highest BCUT2D eigenvalue weighted by atomic mass is 35.5. The van der Waals surface area contributed by atoms with Crippen LogP contribution in [0.5, 0.6) is 0 Å². The van der Waals surface area contributed by atoms with Gasteiger partial charge in [0.2, 0.25) is 0 Å². The second kappa shape index (κ2) is 6.56. The minimum atomic E-state index is 0.285. The van der Waals surface area contributed by atoms with Gasteiger partial charge in [-0.15, -0.1) is 11.3 Å². The van der Waals surface area contributed by atoms with Gasteiger partial charge >= 0.3 is 0 Å². The Morgan fingerprint density at radius 3 is 2.47 bits per heavy atom. The Bertz CT molecular complexity index is 507. The molecule has 19 heavy (non-hydrogen) atoms. The first kappa shape index (κ1) is 14.6. The Kier molecular flexibility index (Phi) is 5.03. The predicted molar refractivity (Wildman–Crippen MR) is 84.9 cm³/mol. The fourth-order valence-corrected chi connectivity index (χ4v) is 3.37. The quantitative estimate of drug-likeness (QED) is 0.773. The van der Waals surface area contributed by atoms with E-state index >= 15 is 0 Å². The zero-order valence-corrected chi connectivity index (χ0v) is 13.1. The summed E-state index contributed by atoms with van der Waals surface area (Å²) in [5.74, 6) is 0.556. The van der Waals surface area contributed by atoms with Gasteiger partial charge in [-0.05, 0) is 42.0 Å². The molecule has 0 aliphatic carbocycles. The van der Waals surface area contributed by atoms with Gasteiger partial charge in [0.25, 0.3) is 0 Å². The van der Waals surface area contributed by atoms with E-state index in [4.69, 9.17) is 11.6 Å². The number of hydrogen-bond donors (Lipinski definition) is 1. The molecule has 102 valence electrons. The molecule has 2 aromatic rings. The molecule has 1 unspecified atom stereocenters. The van der Waals surface area contributed by atoms with Crippen molar-refractivity contribution in [2.75, 3.05) is 0 Å². The highest BCUT2D eigenvalue weighted by molar-refractivity contribution is 7.10. The van der Waals surface area contributed by atoms with E-state index in [1.54, 1.807) is 0 Å². The molecular formula is C16H20ClNS. The molecule has 1 aromatic heterocycles. The summed E-state index contributed by atoms with van der Waals surface area (Å²) in [6.07, 6.45) is 0. The normalized spacial score (nSPS) is 14.6. The van der Waals surface area contributed by atoms with Crippen LogP contribution >= 0.6 is 22.9 Å². The van der Waals surface area contributed by atoms with Gasteiger partial charge in [-0.2, -0.15) is 0 Å². The van der Waals surface area contributed by atoms with Crippen molar-refractivity contribution in [3.63, 3.8) is 0 Å². The van der Waals surface area contributed by atoms with Crippen molar-refractivity contribution in [1.82, 2.24) is 5.32 Å². The largest absolute Gasteiger partial charge is 0.302 e. The SMILES string of the molecule is CC(C)C(N[C@H](C)c1cccc(Cl)c1)c1cccs1. The number of thiophene rings is 1. The molecule has 0 bridgehead atoms. The van der Waals surface area contributed by atoms with Crippen LogP contribution in [0.25, 0.3) is 0 Å². The summed E-state index contributed by atoms with van der Waals surface area (Å²) in [4.78, 5) is 1.39. The summed E-state index contributed by atoms with van der Waals surface area (Å²) in [6, 6.07) is 13.1. The Balaban J connectivity index is 2.14. The zero-order chi connectivity index (χ0) is 13.8. The molecule has 1 N–H and O–H groups in total. The van der Waals surface area contributed by atoms with Crippen molar-refractivity contribution in [2.24, 2.45) is 5.92 Å². The molecule has 2 rings (SSSR count). The van der Waals surface area contributed by atoms with Crippen LogP contribution in [0.4, 0.5) is 0 Å². The third-order valence-corrected chi connectivity index (χ3v) is 4.49. The second-order valence-electron chi connectivity index (χ2n) is 5.18. The van der Waals surface area contributed by atoms with Crippen LogP contribution in [-0.2, 0) is 0 Å². The Labute approximate surface area is 124 Å². The molecular weight excluding hydrogens is 274 g/mol. The molecule has 0 saturated heterocycles. The molecule has 0 saturated carbocycles. The molecule has 1 heterocycles. The first-order chi connectivity index (χ1) is 9.08. The van der Waals surface area contributed by atoms with Crippen molar-refractivity contribution in [2.45, 2.75) is 32.9 Å². The van der Waals surface area contributed by atoms with E-state index in [0.717, 1.165) is 5.02 Å². The summed E-state index contributed by atoms with van der Waals surface area (Å²) in [5.41, 5.74) is 1.23. The van der Waals surface area contributed by atoms with Crippen LogP contribution in [0, 0.1) is 5.92 Å². The van der Waals surface area contributed by atoms with Crippen LogP contribution in [-0.4, -0.2) is 0 Å². The van der Waals surface area contributed by atoms with Gasteiger partial charge in [0.15, 0.2) is 0 Å². The fraction of sp³-hybridized carbons (Fsp3) is 0.375. The number of halogens is 1. The summed E-state index contributed by atoms with van der Waals surface area (Å²) >= 11 is 7.87. The van der Waals surface area contributed by atoms with Gasteiger partial charge in [-0.25, -0.2) is 0 Å². The third-order valence-electron chi connectivity index (χ3n) is 3.29. The molecule has 0 aliphatic heterocycles. The predicted octanol–water partition coefficient (Wildman–Crippen LogP) is 5.45. The highest BCUT2D eigenvalue weighted by Gasteiger charge is 2.19. The molecule has 0 radical (unpaired) electrons. The van der Waals surface area contributed by atoms with E-state index in [2.05, 4.69) is 49.7 Å². The smallest absolute Gasteiger partial charge is 0.0442 e. The van der Waals surface area contributed by atoms with Crippen LogP contribution in [0.15, 0.2) is 41.8 Å². The van der Waals surface area contributed by atoms with E-state index in [1.807, 2.05) is 29.5 Å². The summed E-state index contributed by atoms with van der Waals surface area (Å²) in [5, 5.41) is 6.64. The maximum Gasteiger partial charge on any atom is 0.0442 e. The average molecular weight is 294 g/mol. The van der Waals surface area contributed by atoms with E-state index in [1.165, 1.54) is 10.4 Å². The van der Waals surface area contributed by atoms with E-state index in [9.17, 15) is 0 Å². The maximum atomic E-state index is 6.06. The number of nitrogens with one attached hydrogen (secondary N) is 1. The molecule has 3 heteroatoms. The van der Waals surface area contributed by atoms with Crippen molar-refractivity contribution in [3.05, 3.63) is 57.2 Å². The topological polar surface area (TPSA) is 12.0 Å². The minimum Gasteiger partial charge on any atom is -0.302 e. The van der Waals surface area contributed by atoms with Gasteiger partial charge in [0, 0.05) is 22.0 Å². The van der Waals surface area contributed by atoms with Gasteiger partial charge in [-0.3, -0.25) is 0 Å². The molecule has 2 atom stereocenters. The molecule has 1 aromatic carbocycles. The minimum absolute atomic E-state index is 0.285. The highest BCUT2D eigenvalue weighted by Crippen LogP contribution is 2.29. The van der Waals surface area contributed by atoms with Gasteiger partial charge in [-0.1, -0.05) is 43.6 Å². The van der Waals surface area contributed by atoms with Crippen molar-refractivity contribution < 1.29 is 0 Å². The van der Waals surface area contributed by atoms with Crippen LogP contribution in [0.3, 0.4) is 0 Å². The Hall–Kier alpha value is -0.830. The Morgan fingerprint density at radius 1 is 1.11 bits per heavy atom. The number of hydrogen-bond acceptors (Lipinski definition) is 2. The molecule has 0 spiro atoms.